The molecule has 0 saturated heterocycles. The molecule has 6 nitrogen and oxygen atoms in total. The van der Waals surface area contributed by atoms with Gasteiger partial charge in [-0.1, -0.05) is 32.1 Å². The van der Waals surface area contributed by atoms with E-state index in [9.17, 15) is 10.4 Å². The number of aliphatic hydroxyl groups excluding tert-OH is 1. The molecule has 3 rings (SSSR count). The minimum Gasteiger partial charge on any atom is -0.393 e. The van der Waals surface area contributed by atoms with Crippen LogP contribution in [-0.4, -0.2) is 33.3 Å². The average Bonchev–Trinajstić information content (AvgIpc) is 2.80. The first-order valence-electron chi connectivity index (χ1n) is 9.23. The second-order valence-electron chi connectivity index (χ2n) is 7.06. The van der Waals surface area contributed by atoms with Gasteiger partial charge in [-0.15, -0.1) is 0 Å². The van der Waals surface area contributed by atoms with Gasteiger partial charge in [-0.2, -0.15) is 10.2 Å². The Hall–Kier alpha value is -1.87. The van der Waals surface area contributed by atoms with E-state index in [-0.39, 0.29) is 12.1 Å². The fourth-order valence-electron chi connectivity index (χ4n) is 3.73. The highest BCUT2D eigenvalue weighted by Crippen LogP contribution is 2.24. The van der Waals surface area contributed by atoms with Crippen molar-refractivity contribution in [1.82, 2.24) is 9.97 Å². The van der Waals surface area contributed by atoms with Crippen molar-refractivity contribution in [3.63, 3.8) is 0 Å². The monoisotopic (exact) mass is 329 g/mol. The molecule has 3 N–H and O–H groups in total. The largest absolute Gasteiger partial charge is 0.393 e. The van der Waals surface area contributed by atoms with E-state index in [1.807, 2.05) is 0 Å². The van der Waals surface area contributed by atoms with Crippen LogP contribution in [0.3, 0.4) is 0 Å². The van der Waals surface area contributed by atoms with Crippen LogP contribution in [0.2, 0.25) is 0 Å². The molecule has 2 saturated carbocycles. The first kappa shape index (κ1) is 17.0. The highest BCUT2D eigenvalue weighted by Gasteiger charge is 2.21. The topological polar surface area (TPSA) is 93.9 Å². The number of aliphatic hydroxyl groups is 1. The van der Waals surface area contributed by atoms with Gasteiger partial charge in [-0.3, -0.25) is 0 Å². The maximum Gasteiger partial charge on any atom is 0.224 e. The Morgan fingerprint density at radius 1 is 1.00 bits per heavy atom. The van der Waals surface area contributed by atoms with Gasteiger partial charge in [-0.05, 0) is 32.1 Å². The number of nitriles is 1. The van der Waals surface area contributed by atoms with Crippen LogP contribution < -0.4 is 10.6 Å². The highest BCUT2D eigenvalue weighted by molar-refractivity contribution is 5.54. The molecule has 1 heterocycles. The number of rotatable bonds is 4. The maximum atomic E-state index is 9.98. The number of aromatic nitrogens is 2. The van der Waals surface area contributed by atoms with Crippen molar-refractivity contribution in [1.29, 1.82) is 5.26 Å². The number of anilines is 2. The second-order valence-corrected chi connectivity index (χ2v) is 7.06. The summed E-state index contributed by atoms with van der Waals surface area (Å²) >= 11 is 0. The van der Waals surface area contributed by atoms with Gasteiger partial charge in [0.15, 0.2) is 0 Å². The lowest BCUT2D eigenvalue weighted by Gasteiger charge is -2.23. The van der Waals surface area contributed by atoms with Crippen molar-refractivity contribution in [2.75, 3.05) is 10.6 Å². The Morgan fingerprint density at radius 2 is 1.71 bits per heavy atom. The van der Waals surface area contributed by atoms with Crippen LogP contribution in [0.5, 0.6) is 0 Å². The van der Waals surface area contributed by atoms with E-state index in [0.29, 0.717) is 29.8 Å². The van der Waals surface area contributed by atoms with E-state index in [0.717, 1.165) is 38.5 Å². The Kier molecular flexibility index (Phi) is 5.86. The predicted octanol–water partition coefficient (Wildman–Crippen LogP) is 3.20. The Morgan fingerprint density at radius 3 is 2.50 bits per heavy atom. The smallest absolute Gasteiger partial charge is 0.224 e. The zero-order chi connectivity index (χ0) is 16.8. The molecule has 0 bridgehead atoms. The van der Waals surface area contributed by atoms with Gasteiger partial charge in [0.25, 0.3) is 0 Å². The Bertz CT molecular complexity index is 579. The fraction of sp³-hybridized carbons (Fsp3) is 0.722. The van der Waals surface area contributed by atoms with Gasteiger partial charge in [0, 0.05) is 12.1 Å². The van der Waals surface area contributed by atoms with Crippen molar-refractivity contribution in [3.8, 4) is 6.07 Å². The summed E-state index contributed by atoms with van der Waals surface area (Å²) in [7, 11) is 0. The lowest BCUT2D eigenvalue weighted by Crippen LogP contribution is -2.26. The number of nitrogens with one attached hydrogen (secondary N) is 2. The third-order valence-electron chi connectivity index (χ3n) is 5.08. The average molecular weight is 329 g/mol. The molecule has 0 radical (unpaired) electrons. The molecule has 0 spiro atoms. The number of hydrogen-bond acceptors (Lipinski definition) is 6. The zero-order valence-corrected chi connectivity index (χ0v) is 14.2. The zero-order valence-electron chi connectivity index (χ0n) is 14.2. The fourth-order valence-corrected chi connectivity index (χ4v) is 3.73. The summed E-state index contributed by atoms with van der Waals surface area (Å²) in [5.41, 5.74) is 0.461. The molecule has 6 heteroatoms. The Balaban J connectivity index is 1.70. The molecule has 1 aromatic heterocycles. The predicted molar refractivity (Wildman–Crippen MR) is 93.7 cm³/mol. The van der Waals surface area contributed by atoms with Crippen LogP contribution in [0.25, 0.3) is 0 Å². The molecule has 0 aliphatic heterocycles. The van der Waals surface area contributed by atoms with E-state index in [1.165, 1.54) is 19.3 Å². The molecule has 0 amide bonds. The van der Waals surface area contributed by atoms with Crippen LogP contribution >= 0.6 is 0 Å². The van der Waals surface area contributed by atoms with Gasteiger partial charge in [0.05, 0.1) is 12.3 Å². The molecule has 2 atom stereocenters. The molecular weight excluding hydrogens is 302 g/mol. The summed E-state index contributed by atoms with van der Waals surface area (Å²) in [5, 5.41) is 26.1. The minimum absolute atomic E-state index is 0.159. The van der Waals surface area contributed by atoms with E-state index in [2.05, 4.69) is 26.7 Å². The third-order valence-corrected chi connectivity index (χ3v) is 5.08. The van der Waals surface area contributed by atoms with Crippen molar-refractivity contribution >= 4 is 11.8 Å². The summed E-state index contributed by atoms with van der Waals surface area (Å²) in [6.45, 7) is 0. The number of nitrogens with zero attached hydrogens (tertiary/aromatic N) is 3. The van der Waals surface area contributed by atoms with Gasteiger partial charge >= 0.3 is 0 Å². The molecule has 1 aromatic rings. The molecule has 0 aromatic carbocycles. The van der Waals surface area contributed by atoms with E-state index < -0.39 is 0 Å². The maximum absolute atomic E-state index is 9.98. The second kappa shape index (κ2) is 8.29. The van der Waals surface area contributed by atoms with Gasteiger partial charge in [0.2, 0.25) is 5.95 Å². The molecule has 130 valence electrons. The quantitative estimate of drug-likeness (QED) is 0.734. The summed E-state index contributed by atoms with van der Waals surface area (Å²) in [6, 6.07) is 2.75. The van der Waals surface area contributed by atoms with Crippen molar-refractivity contribution in [2.45, 2.75) is 82.4 Å². The van der Waals surface area contributed by atoms with E-state index in [1.54, 1.807) is 6.20 Å². The van der Waals surface area contributed by atoms with Crippen LogP contribution in [0.15, 0.2) is 6.20 Å². The molecule has 2 unspecified atom stereocenters. The van der Waals surface area contributed by atoms with Gasteiger partial charge in [0.1, 0.15) is 17.5 Å². The van der Waals surface area contributed by atoms with Crippen LogP contribution in [0, 0.1) is 11.3 Å². The number of hydrogen-bond donors (Lipinski definition) is 3. The SMILES string of the molecule is N#Cc1cnc(NC2CCCCC2)nc1NC1CCCCC(O)C1. The van der Waals surface area contributed by atoms with Crippen molar-refractivity contribution in [2.24, 2.45) is 0 Å². The van der Waals surface area contributed by atoms with Crippen LogP contribution in [0.1, 0.15) is 69.8 Å². The summed E-state index contributed by atoms with van der Waals surface area (Å²) in [4.78, 5) is 8.85. The highest BCUT2D eigenvalue weighted by atomic mass is 16.3. The lowest BCUT2D eigenvalue weighted by atomic mass is 9.96. The normalized spacial score (nSPS) is 25.5. The summed E-state index contributed by atoms with van der Waals surface area (Å²) in [6.07, 6.45) is 12.2. The van der Waals surface area contributed by atoms with Crippen molar-refractivity contribution in [3.05, 3.63) is 11.8 Å². The molecule has 2 aliphatic rings. The van der Waals surface area contributed by atoms with Crippen LogP contribution in [-0.2, 0) is 0 Å². The third kappa shape index (κ3) is 4.57. The molecule has 24 heavy (non-hydrogen) atoms. The lowest BCUT2D eigenvalue weighted by molar-refractivity contribution is 0.154. The van der Waals surface area contributed by atoms with Crippen LogP contribution in [0.4, 0.5) is 11.8 Å². The molecule has 2 aliphatic carbocycles. The minimum atomic E-state index is -0.266. The Labute approximate surface area is 143 Å². The first-order valence-corrected chi connectivity index (χ1v) is 9.23. The van der Waals surface area contributed by atoms with Gasteiger partial charge in [-0.25, -0.2) is 4.98 Å². The van der Waals surface area contributed by atoms with E-state index in [4.69, 9.17) is 0 Å². The molecular formula is C18H27N5O. The van der Waals surface area contributed by atoms with Gasteiger partial charge < -0.3 is 15.7 Å². The summed E-state index contributed by atoms with van der Waals surface area (Å²) < 4.78 is 0. The van der Waals surface area contributed by atoms with E-state index >= 15 is 0 Å². The van der Waals surface area contributed by atoms with Crippen molar-refractivity contribution < 1.29 is 5.11 Å². The summed E-state index contributed by atoms with van der Waals surface area (Å²) in [5.74, 6) is 1.18. The first-order chi connectivity index (χ1) is 11.7. The molecule has 2 fully saturated rings. The standard InChI is InChI=1S/C18H27N5O/c19-11-13-12-20-18(22-14-6-2-1-3-7-14)23-17(13)21-15-8-4-5-9-16(24)10-15/h12,14-16,24H,1-10H2,(H2,20,21,22,23).